The smallest absolute Gasteiger partial charge is 0.216 e. The van der Waals surface area contributed by atoms with Gasteiger partial charge in [-0.15, -0.1) is 0 Å². The molecule has 5 heteroatoms. The van der Waals surface area contributed by atoms with Crippen LogP contribution in [0.25, 0.3) is 6.08 Å². The molecule has 0 aliphatic heterocycles. The van der Waals surface area contributed by atoms with Crippen LogP contribution < -0.4 is 16.8 Å². The largest absolute Gasteiger partial charge is 0.396 e. The van der Waals surface area contributed by atoms with Crippen molar-refractivity contribution >= 4 is 23.5 Å². The molecule has 0 saturated carbocycles. The molecule has 0 radical (unpaired) electrons. The fourth-order valence-electron chi connectivity index (χ4n) is 1.37. The van der Waals surface area contributed by atoms with Gasteiger partial charge in [-0.25, -0.2) is 4.98 Å². The Morgan fingerprint density at radius 2 is 2.24 bits per heavy atom. The van der Waals surface area contributed by atoms with Crippen LogP contribution in [-0.2, 0) is 4.79 Å². The molecule has 5 N–H and O–H groups in total. The molecule has 0 bridgehead atoms. The third kappa shape index (κ3) is 4.14. The van der Waals surface area contributed by atoms with Crippen LogP contribution in [0.4, 0.5) is 11.5 Å². The lowest BCUT2D eigenvalue weighted by Crippen LogP contribution is -2.20. The number of amides is 1. The highest BCUT2D eigenvalue weighted by Gasteiger charge is 2.01. The van der Waals surface area contributed by atoms with Crippen molar-refractivity contribution in [3.63, 3.8) is 0 Å². The summed E-state index contributed by atoms with van der Waals surface area (Å²) in [5.74, 6) is 0.339. The van der Waals surface area contributed by atoms with Gasteiger partial charge in [0.2, 0.25) is 5.91 Å². The molecule has 5 nitrogen and oxygen atoms in total. The monoisotopic (exact) mass is 234 g/mol. The number of aromatic nitrogens is 1. The summed E-state index contributed by atoms with van der Waals surface area (Å²) >= 11 is 0. The van der Waals surface area contributed by atoms with E-state index >= 15 is 0 Å². The lowest BCUT2D eigenvalue weighted by atomic mass is 10.1. The van der Waals surface area contributed by atoms with Crippen molar-refractivity contribution in [2.24, 2.45) is 0 Å². The highest BCUT2D eigenvalue weighted by Crippen LogP contribution is 2.17. The lowest BCUT2D eigenvalue weighted by molar-refractivity contribution is -0.118. The standard InChI is InChI=1S/C12H18N4O/c1-8-10(7-11(13)12(14)16-8)5-3-4-6-15-9(2)17/h3,5,7H,4,6,13H2,1-2H3,(H2,14,16)(H,15,17). The molecule has 1 heterocycles. The molecule has 0 aliphatic rings. The number of pyridine rings is 1. The zero-order valence-corrected chi connectivity index (χ0v) is 10.2. The Labute approximate surface area is 101 Å². The van der Waals surface area contributed by atoms with E-state index in [1.807, 2.05) is 19.1 Å². The van der Waals surface area contributed by atoms with Gasteiger partial charge in [0.25, 0.3) is 0 Å². The van der Waals surface area contributed by atoms with Gasteiger partial charge < -0.3 is 16.8 Å². The second kappa shape index (κ2) is 5.89. The minimum absolute atomic E-state index is 0.0204. The zero-order chi connectivity index (χ0) is 12.8. The normalized spacial score (nSPS) is 10.7. The average Bonchev–Trinajstić information content (AvgIpc) is 2.24. The number of nitrogens with two attached hydrogens (primary N) is 2. The van der Waals surface area contributed by atoms with E-state index in [4.69, 9.17) is 11.5 Å². The fraction of sp³-hybridized carbons (Fsp3) is 0.333. The van der Waals surface area contributed by atoms with E-state index in [2.05, 4.69) is 10.3 Å². The second-order valence-electron chi connectivity index (χ2n) is 3.81. The average molecular weight is 234 g/mol. The number of anilines is 2. The van der Waals surface area contributed by atoms with Crippen LogP contribution in [0, 0.1) is 6.92 Å². The van der Waals surface area contributed by atoms with Gasteiger partial charge in [-0.1, -0.05) is 12.2 Å². The van der Waals surface area contributed by atoms with Gasteiger partial charge in [0, 0.05) is 19.2 Å². The SMILES string of the molecule is CC(=O)NCCC=Cc1cc(N)c(N)nc1C. The maximum absolute atomic E-state index is 10.6. The summed E-state index contributed by atoms with van der Waals surface area (Å²) in [6, 6.07) is 1.80. The van der Waals surface area contributed by atoms with Crippen molar-refractivity contribution in [3.8, 4) is 0 Å². The van der Waals surface area contributed by atoms with Gasteiger partial charge in [-0.3, -0.25) is 4.79 Å². The molecule has 1 aromatic heterocycles. The molecule has 0 unspecified atom stereocenters. The van der Waals surface area contributed by atoms with Gasteiger partial charge >= 0.3 is 0 Å². The molecule has 1 rings (SSSR count). The van der Waals surface area contributed by atoms with Gasteiger partial charge in [-0.05, 0) is 25.0 Å². The van der Waals surface area contributed by atoms with Gasteiger partial charge in [0.15, 0.2) is 0 Å². The molecule has 1 aromatic rings. The van der Waals surface area contributed by atoms with E-state index < -0.39 is 0 Å². The maximum Gasteiger partial charge on any atom is 0.216 e. The number of carbonyl (C=O) groups excluding carboxylic acids is 1. The number of hydrogen-bond acceptors (Lipinski definition) is 4. The Kier molecular flexibility index (Phi) is 4.51. The predicted molar refractivity (Wildman–Crippen MR) is 70.1 cm³/mol. The first-order valence-electron chi connectivity index (χ1n) is 5.44. The van der Waals surface area contributed by atoms with Gasteiger partial charge in [-0.2, -0.15) is 0 Å². The number of nitrogen functional groups attached to an aromatic ring is 2. The van der Waals surface area contributed by atoms with Crippen LogP contribution in [0.3, 0.4) is 0 Å². The molecule has 1 amide bonds. The van der Waals surface area contributed by atoms with Gasteiger partial charge in [0.1, 0.15) is 5.82 Å². The first-order chi connectivity index (χ1) is 8.00. The molecule has 92 valence electrons. The predicted octanol–water partition coefficient (Wildman–Crippen LogP) is 1.09. The summed E-state index contributed by atoms with van der Waals surface area (Å²) in [7, 11) is 0. The number of aryl methyl sites for hydroxylation is 1. The molecule has 0 aromatic carbocycles. The molecule has 17 heavy (non-hydrogen) atoms. The molecule has 0 spiro atoms. The first kappa shape index (κ1) is 13.0. The van der Waals surface area contributed by atoms with Crippen LogP contribution in [0.15, 0.2) is 12.1 Å². The Bertz CT molecular complexity index is 440. The highest BCUT2D eigenvalue weighted by molar-refractivity contribution is 5.72. The summed E-state index contributed by atoms with van der Waals surface area (Å²) < 4.78 is 0. The molecular weight excluding hydrogens is 216 g/mol. The van der Waals surface area contributed by atoms with Crippen LogP contribution in [-0.4, -0.2) is 17.4 Å². The fourth-order valence-corrected chi connectivity index (χ4v) is 1.37. The van der Waals surface area contributed by atoms with Crippen LogP contribution in [0.2, 0.25) is 0 Å². The van der Waals surface area contributed by atoms with Crippen LogP contribution >= 0.6 is 0 Å². The number of nitrogens with zero attached hydrogens (tertiary/aromatic N) is 1. The number of rotatable bonds is 4. The molecule has 0 atom stereocenters. The zero-order valence-electron chi connectivity index (χ0n) is 10.2. The molecular formula is C12H18N4O. The van der Waals surface area contributed by atoms with Crippen LogP contribution in [0.5, 0.6) is 0 Å². The van der Waals surface area contributed by atoms with Crippen LogP contribution in [0.1, 0.15) is 24.6 Å². The number of hydrogen-bond donors (Lipinski definition) is 3. The maximum atomic E-state index is 10.6. The van der Waals surface area contributed by atoms with Gasteiger partial charge in [0.05, 0.1) is 5.69 Å². The van der Waals surface area contributed by atoms with Crippen molar-refractivity contribution in [1.29, 1.82) is 0 Å². The summed E-state index contributed by atoms with van der Waals surface area (Å²) in [5.41, 5.74) is 13.5. The third-order valence-corrected chi connectivity index (χ3v) is 2.30. The Morgan fingerprint density at radius 1 is 1.53 bits per heavy atom. The van der Waals surface area contributed by atoms with Crippen molar-refractivity contribution < 1.29 is 4.79 Å². The summed E-state index contributed by atoms with van der Waals surface area (Å²) in [6.07, 6.45) is 4.67. The van der Waals surface area contributed by atoms with E-state index in [9.17, 15) is 4.79 Å². The van der Waals surface area contributed by atoms with E-state index in [-0.39, 0.29) is 5.91 Å². The number of nitrogens with one attached hydrogen (secondary N) is 1. The minimum Gasteiger partial charge on any atom is -0.396 e. The van der Waals surface area contributed by atoms with E-state index in [1.54, 1.807) is 6.07 Å². The molecule has 0 aliphatic carbocycles. The van der Waals surface area contributed by atoms with E-state index in [0.29, 0.717) is 18.1 Å². The first-order valence-corrected chi connectivity index (χ1v) is 5.44. The topological polar surface area (TPSA) is 94.0 Å². The van der Waals surface area contributed by atoms with Crippen molar-refractivity contribution in [2.75, 3.05) is 18.0 Å². The lowest BCUT2D eigenvalue weighted by Gasteiger charge is -2.04. The van der Waals surface area contributed by atoms with E-state index in [0.717, 1.165) is 17.7 Å². The molecule has 0 saturated heterocycles. The number of carbonyl (C=O) groups is 1. The van der Waals surface area contributed by atoms with Crippen molar-refractivity contribution in [3.05, 3.63) is 23.4 Å². The minimum atomic E-state index is -0.0204. The Balaban J connectivity index is 2.59. The van der Waals surface area contributed by atoms with Crippen molar-refractivity contribution in [2.45, 2.75) is 20.3 Å². The molecule has 0 fully saturated rings. The summed E-state index contributed by atoms with van der Waals surface area (Å²) in [6.45, 7) is 4.00. The Hall–Kier alpha value is -2.04. The highest BCUT2D eigenvalue weighted by atomic mass is 16.1. The Morgan fingerprint density at radius 3 is 2.88 bits per heavy atom. The quantitative estimate of drug-likeness (QED) is 0.680. The third-order valence-electron chi connectivity index (χ3n) is 2.30. The van der Waals surface area contributed by atoms with E-state index in [1.165, 1.54) is 6.92 Å². The second-order valence-corrected chi connectivity index (χ2v) is 3.81. The summed E-state index contributed by atoms with van der Waals surface area (Å²) in [5, 5.41) is 2.72. The summed E-state index contributed by atoms with van der Waals surface area (Å²) in [4.78, 5) is 14.8. The van der Waals surface area contributed by atoms with Crippen molar-refractivity contribution in [1.82, 2.24) is 10.3 Å².